The number of fused-ring (bicyclic) bond motifs is 1. The Morgan fingerprint density at radius 1 is 1.15 bits per heavy atom. The summed E-state index contributed by atoms with van der Waals surface area (Å²) >= 11 is 0. The Kier molecular flexibility index (Phi) is 5.82. The van der Waals surface area contributed by atoms with E-state index in [-0.39, 0.29) is 17.0 Å². The highest BCUT2D eigenvalue weighted by Gasteiger charge is 2.24. The molecule has 2 aromatic carbocycles. The van der Waals surface area contributed by atoms with Crippen molar-refractivity contribution < 1.29 is 13.2 Å². The molecule has 0 aromatic heterocycles. The molecular formula is C20H25N3O3S. The maximum absolute atomic E-state index is 12.8. The summed E-state index contributed by atoms with van der Waals surface area (Å²) in [6.45, 7) is 5.38. The minimum absolute atomic E-state index is 0.0850. The van der Waals surface area contributed by atoms with Crippen molar-refractivity contribution in [1.82, 2.24) is 14.9 Å². The van der Waals surface area contributed by atoms with Crippen LogP contribution >= 0.6 is 0 Å². The summed E-state index contributed by atoms with van der Waals surface area (Å²) in [4.78, 5) is 14.0. The van der Waals surface area contributed by atoms with Crippen LogP contribution in [0.15, 0.2) is 53.4 Å². The lowest BCUT2D eigenvalue weighted by Crippen LogP contribution is -2.42. The molecule has 27 heavy (non-hydrogen) atoms. The van der Waals surface area contributed by atoms with Crippen LogP contribution < -0.4 is 10.0 Å². The largest absolute Gasteiger partial charge is 0.338 e. The molecule has 3 rings (SSSR count). The molecule has 0 saturated carbocycles. The number of hydrogen-bond donors (Lipinski definition) is 2. The number of benzene rings is 2. The van der Waals surface area contributed by atoms with Crippen LogP contribution in [0.2, 0.25) is 0 Å². The monoisotopic (exact) mass is 387 g/mol. The highest BCUT2D eigenvalue weighted by molar-refractivity contribution is 7.89. The number of carbonyl (C=O) groups excluding carboxylic acids is 1. The van der Waals surface area contributed by atoms with E-state index < -0.39 is 10.0 Å². The number of hydrogen-bond acceptors (Lipinski definition) is 3. The van der Waals surface area contributed by atoms with E-state index >= 15 is 0 Å². The molecule has 7 heteroatoms. The zero-order chi connectivity index (χ0) is 19.4. The fourth-order valence-electron chi connectivity index (χ4n) is 3.24. The molecule has 1 unspecified atom stereocenters. The van der Waals surface area contributed by atoms with Gasteiger partial charge >= 0.3 is 6.03 Å². The fourth-order valence-corrected chi connectivity index (χ4v) is 4.53. The molecule has 0 aliphatic carbocycles. The summed E-state index contributed by atoms with van der Waals surface area (Å²) in [6.07, 6.45) is 0.643. The van der Waals surface area contributed by atoms with Crippen LogP contribution in [0.1, 0.15) is 36.6 Å². The number of nitrogens with one attached hydrogen (secondary N) is 2. The Hall–Kier alpha value is -2.38. The molecule has 0 fully saturated rings. The lowest BCUT2D eigenvalue weighted by Gasteiger charge is -2.29. The van der Waals surface area contributed by atoms with E-state index in [0.717, 1.165) is 16.7 Å². The first kappa shape index (κ1) is 19.4. The van der Waals surface area contributed by atoms with Gasteiger partial charge in [-0.1, -0.05) is 36.4 Å². The summed E-state index contributed by atoms with van der Waals surface area (Å²) in [7, 11) is -3.62. The van der Waals surface area contributed by atoms with Crippen LogP contribution in [0.4, 0.5) is 4.79 Å². The third kappa shape index (κ3) is 4.48. The highest BCUT2D eigenvalue weighted by Crippen LogP contribution is 2.24. The molecule has 6 nitrogen and oxygen atoms in total. The van der Waals surface area contributed by atoms with Crippen LogP contribution in [-0.2, 0) is 23.0 Å². The lowest BCUT2D eigenvalue weighted by molar-refractivity contribution is 0.193. The minimum atomic E-state index is -3.62. The van der Waals surface area contributed by atoms with Crippen LogP contribution in [0.3, 0.4) is 0 Å². The van der Waals surface area contributed by atoms with Gasteiger partial charge in [0.15, 0.2) is 0 Å². The molecule has 0 bridgehead atoms. The smallest absolute Gasteiger partial charge is 0.317 e. The van der Waals surface area contributed by atoms with Crippen molar-refractivity contribution in [1.29, 1.82) is 0 Å². The zero-order valence-electron chi connectivity index (χ0n) is 15.6. The lowest BCUT2D eigenvalue weighted by atomic mass is 10.0. The Labute approximate surface area is 160 Å². The average molecular weight is 388 g/mol. The van der Waals surface area contributed by atoms with Gasteiger partial charge < -0.3 is 10.2 Å². The highest BCUT2D eigenvalue weighted by atomic mass is 32.2. The molecule has 0 saturated heterocycles. The van der Waals surface area contributed by atoms with E-state index in [4.69, 9.17) is 0 Å². The number of amides is 2. The molecule has 2 N–H and O–H groups in total. The predicted molar refractivity (Wildman–Crippen MR) is 105 cm³/mol. The van der Waals surface area contributed by atoms with Gasteiger partial charge in [0.2, 0.25) is 10.0 Å². The summed E-state index contributed by atoms with van der Waals surface area (Å²) in [5.41, 5.74) is 2.88. The second-order valence-corrected chi connectivity index (χ2v) is 8.41. The Balaban J connectivity index is 1.76. The van der Waals surface area contributed by atoms with E-state index in [0.29, 0.717) is 26.1 Å². The zero-order valence-corrected chi connectivity index (χ0v) is 16.4. The molecule has 0 radical (unpaired) electrons. The van der Waals surface area contributed by atoms with Crippen LogP contribution in [-0.4, -0.2) is 32.4 Å². The van der Waals surface area contributed by atoms with Crippen LogP contribution in [0.5, 0.6) is 0 Å². The van der Waals surface area contributed by atoms with Gasteiger partial charge in [0.1, 0.15) is 0 Å². The second kappa shape index (κ2) is 8.10. The summed E-state index contributed by atoms with van der Waals surface area (Å²) in [5.74, 6) is 0. The summed E-state index contributed by atoms with van der Waals surface area (Å²) in [6, 6.07) is 14.2. The maximum atomic E-state index is 12.8. The topological polar surface area (TPSA) is 78.5 Å². The second-order valence-electron chi connectivity index (χ2n) is 6.69. The quantitative estimate of drug-likeness (QED) is 0.828. The SMILES string of the molecule is CCNC(=O)N1CCc2cc(S(=O)(=O)NC(C)c3ccccc3)ccc2C1. The molecule has 2 aromatic rings. The van der Waals surface area contributed by atoms with Gasteiger partial charge in [0, 0.05) is 25.7 Å². The Morgan fingerprint density at radius 2 is 1.89 bits per heavy atom. The van der Waals surface area contributed by atoms with Crippen molar-refractivity contribution in [2.24, 2.45) is 0 Å². The van der Waals surface area contributed by atoms with Crippen molar-refractivity contribution in [3.8, 4) is 0 Å². The van der Waals surface area contributed by atoms with Crippen molar-refractivity contribution in [3.05, 3.63) is 65.2 Å². The van der Waals surface area contributed by atoms with Gasteiger partial charge in [-0.15, -0.1) is 0 Å². The molecule has 1 aliphatic rings. The van der Waals surface area contributed by atoms with E-state index in [2.05, 4.69) is 10.0 Å². The molecule has 144 valence electrons. The van der Waals surface area contributed by atoms with Gasteiger partial charge in [0.05, 0.1) is 4.90 Å². The minimum Gasteiger partial charge on any atom is -0.338 e. The first-order valence-electron chi connectivity index (χ1n) is 9.12. The first-order chi connectivity index (χ1) is 12.9. The fraction of sp³-hybridized carbons (Fsp3) is 0.350. The van der Waals surface area contributed by atoms with Gasteiger partial charge in [0.25, 0.3) is 0 Å². The van der Waals surface area contributed by atoms with Crippen molar-refractivity contribution in [2.75, 3.05) is 13.1 Å². The van der Waals surface area contributed by atoms with E-state index in [1.165, 1.54) is 0 Å². The number of urea groups is 1. The average Bonchev–Trinajstić information content (AvgIpc) is 2.67. The van der Waals surface area contributed by atoms with Crippen LogP contribution in [0, 0.1) is 0 Å². The van der Waals surface area contributed by atoms with E-state index in [1.54, 1.807) is 17.0 Å². The van der Waals surface area contributed by atoms with Crippen molar-refractivity contribution in [2.45, 2.75) is 37.8 Å². The number of rotatable bonds is 5. The van der Waals surface area contributed by atoms with Gasteiger partial charge in [-0.3, -0.25) is 0 Å². The summed E-state index contributed by atoms with van der Waals surface area (Å²) in [5, 5.41) is 2.80. The molecular weight excluding hydrogens is 362 g/mol. The van der Waals surface area contributed by atoms with E-state index in [1.807, 2.05) is 50.2 Å². The van der Waals surface area contributed by atoms with Gasteiger partial charge in [-0.25, -0.2) is 17.9 Å². The molecule has 1 heterocycles. The first-order valence-corrected chi connectivity index (χ1v) is 10.6. The molecule has 1 atom stereocenters. The Morgan fingerprint density at radius 3 is 2.59 bits per heavy atom. The molecule has 0 spiro atoms. The van der Waals surface area contributed by atoms with Gasteiger partial charge in [-0.05, 0) is 49.1 Å². The standard InChI is InChI=1S/C20H25N3O3S/c1-3-21-20(24)23-12-11-17-13-19(10-9-18(17)14-23)27(25,26)22-15(2)16-7-5-4-6-8-16/h4-10,13,15,22H,3,11-12,14H2,1-2H3,(H,21,24). The third-order valence-corrected chi connectivity index (χ3v) is 6.29. The van der Waals surface area contributed by atoms with Crippen molar-refractivity contribution in [3.63, 3.8) is 0 Å². The summed E-state index contributed by atoms with van der Waals surface area (Å²) < 4.78 is 28.3. The number of sulfonamides is 1. The molecule has 1 aliphatic heterocycles. The normalized spacial score (nSPS) is 15.1. The molecule has 2 amide bonds. The van der Waals surface area contributed by atoms with E-state index in [9.17, 15) is 13.2 Å². The van der Waals surface area contributed by atoms with Crippen molar-refractivity contribution >= 4 is 16.1 Å². The number of carbonyl (C=O) groups is 1. The van der Waals surface area contributed by atoms with Crippen LogP contribution in [0.25, 0.3) is 0 Å². The maximum Gasteiger partial charge on any atom is 0.317 e. The third-order valence-electron chi connectivity index (χ3n) is 4.75. The Bertz CT molecular complexity index is 913. The number of nitrogens with zero attached hydrogens (tertiary/aromatic N) is 1. The predicted octanol–water partition coefficient (Wildman–Crippen LogP) is 2.81. The van der Waals surface area contributed by atoms with Gasteiger partial charge in [-0.2, -0.15) is 0 Å².